The molecule has 0 aliphatic carbocycles. The molecule has 1 saturated heterocycles. The van der Waals surface area contributed by atoms with E-state index in [2.05, 4.69) is 23.8 Å². The Morgan fingerprint density at radius 2 is 2.00 bits per heavy atom. The van der Waals surface area contributed by atoms with Crippen LogP contribution in [0.3, 0.4) is 0 Å². The van der Waals surface area contributed by atoms with Crippen molar-refractivity contribution in [3.63, 3.8) is 0 Å². The van der Waals surface area contributed by atoms with Gasteiger partial charge in [-0.15, -0.1) is 0 Å². The lowest BCUT2D eigenvalue weighted by Gasteiger charge is -2.30. The quantitative estimate of drug-likeness (QED) is 0.752. The Bertz CT molecular complexity index is 432. The highest BCUT2D eigenvalue weighted by molar-refractivity contribution is 5.95. The van der Waals surface area contributed by atoms with Gasteiger partial charge in [-0.1, -0.05) is 37.3 Å². The van der Waals surface area contributed by atoms with Crippen LogP contribution in [0.4, 0.5) is 0 Å². The highest BCUT2D eigenvalue weighted by atomic mass is 16.1. The molecule has 0 saturated carbocycles. The Kier molecular flexibility index (Phi) is 6.40. The SMILES string of the molecule is CCC1CN(C)CCCN1CCCC(=O)c1ccccc1. The van der Waals surface area contributed by atoms with E-state index in [1.54, 1.807) is 0 Å². The number of carbonyl (C=O) groups excluding carboxylic acids is 1. The van der Waals surface area contributed by atoms with Crippen LogP contribution >= 0.6 is 0 Å². The Labute approximate surface area is 128 Å². The van der Waals surface area contributed by atoms with Crippen LogP contribution in [0.25, 0.3) is 0 Å². The second-order valence-electron chi connectivity index (χ2n) is 6.11. The van der Waals surface area contributed by atoms with Gasteiger partial charge in [-0.3, -0.25) is 9.69 Å². The lowest BCUT2D eigenvalue weighted by molar-refractivity contribution is 0.0969. The molecular formula is C18H28N2O. The predicted molar refractivity (Wildman–Crippen MR) is 87.8 cm³/mol. The molecule has 1 aliphatic rings. The summed E-state index contributed by atoms with van der Waals surface area (Å²) in [7, 11) is 2.21. The summed E-state index contributed by atoms with van der Waals surface area (Å²) < 4.78 is 0. The molecule has 1 atom stereocenters. The summed E-state index contributed by atoms with van der Waals surface area (Å²) in [5, 5.41) is 0. The first-order valence-electron chi connectivity index (χ1n) is 8.21. The Morgan fingerprint density at radius 1 is 1.24 bits per heavy atom. The molecule has 1 aromatic carbocycles. The van der Waals surface area contributed by atoms with Crippen LogP contribution in [0.15, 0.2) is 30.3 Å². The van der Waals surface area contributed by atoms with Gasteiger partial charge in [0.2, 0.25) is 0 Å². The molecule has 3 heteroatoms. The van der Waals surface area contributed by atoms with Crippen LogP contribution < -0.4 is 0 Å². The number of nitrogens with zero attached hydrogens (tertiary/aromatic N) is 2. The molecule has 116 valence electrons. The summed E-state index contributed by atoms with van der Waals surface area (Å²) in [5.41, 5.74) is 0.847. The maximum atomic E-state index is 12.1. The fraction of sp³-hybridized carbons (Fsp3) is 0.611. The summed E-state index contributed by atoms with van der Waals surface area (Å²) in [6, 6.07) is 10.3. The van der Waals surface area contributed by atoms with Crippen molar-refractivity contribution in [2.45, 2.75) is 38.6 Å². The van der Waals surface area contributed by atoms with E-state index < -0.39 is 0 Å². The molecule has 0 amide bonds. The molecule has 0 bridgehead atoms. The van der Waals surface area contributed by atoms with Crippen molar-refractivity contribution in [2.24, 2.45) is 0 Å². The third-order valence-electron chi connectivity index (χ3n) is 4.44. The molecule has 21 heavy (non-hydrogen) atoms. The number of Topliss-reactive ketones (excluding diaryl/α,β-unsaturated/α-hetero) is 1. The van der Waals surface area contributed by atoms with Gasteiger partial charge in [-0.2, -0.15) is 0 Å². The lowest BCUT2D eigenvalue weighted by Crippen LogP contribution is -2.40. The normalized spacial score (nSPS) is 21.1. The molecule has 1 unspecified atom stereocenters. The van der Waals surface area contributed by atoms with Gasteiger partial charge >= 0.3 is 0 Å². The van der Waals surface area contributed by atoms with Crippen molar-refractivity contribution < 1.29 is 4.79 Å². The number of carbonyl (C=O) groups is 1. The van der Waals surface area contributed by atoms with E-state index in [0.717, 1.165) is 25.1 Å². The van der Waals surface area contributed by atoms with E-state index in [9.17, 15) is 4.79 Å². The van der Waals surface area contributed by atoms with Gasteiger partial charge in [0.1, 0.15) is 0 Å². The van der Waals surface area contributed by atoms with Gasteiger partial charge in [-0.05, 0) is 45.9 Å². The summed E-state index contributed by atoms with van der Waals surface area (Å²) in [5.74, 6) is 0.274. The maximum absolute atomic E-state index is 12.1. The molecule has 2 rings (SSSR count). The highest BCUT2D eigenvalue weighted by Crippen LogP contribution is 2.14. The number of ketones is 1. The second-order valence-corrected chi connectivity index (χ2v) is 6.11. The van der Waals surface area contributed by atoms with Crippen molar-refractivity contribution in [1.82, 2.24) is 9.80 Å². The summed E-state index contributed by atoms with van der Waals surface area (Å²) in [6.07, 6.45) is 4.05. The van der Waals surface area contributed by atoms with Gasteiger partial charge in [-0.25, -0.2) is 0 Å². The molecule has 0 radical (unpaired) electrons. The standard InChI is InChI=1S/C18H28N2O/c1-3-17-15-19(2)12-8-14-20(17)13-7-11-18(21)16-9-5-4-6-10-16/h4-6,9-10,17H,3,7-8,11-15H2,1-2H3. The number of hydrogen-bond donors (Lipinski definition) is 0. The molecule has 1 aromatic rings. The average molecular weight is 288 g/mol. The van der Waals surface area contributed by atoms with Crippen molar-refractivity contribution in [2.75, 3.05) is 33.2 Å². The zero-order valence-corrected chi connectivity index (χ0v) is 13.4. The predicted octanol–water partition coefficient (Wildman–Crippen LogP) is 3.07. The molecule has 0 spiro atoms. The second kappa shape index (κ2) is 8.30. The average Bonchev–Trinajstić information content (AvgIpc) is 2.69. The van der Waals surface area contributed by atoms with Crippen LogP contribution in [0.5, 0.6) is 0 Å². The molecule has 1 heterocycles. The molecule has 0 N–H and O–H groups in total. The number of likely N-dealkylation sites (N-methyl/N-ethyl adjacent to an activating group) is 1. The molecular weight excluding hydrogens is 260 g/mol. The Hall–Kier alpha value is -1.19. The molecule has 1 fully saturated rings. The third kappa shape index (κ3) is 4.94. The smallest absolute Gasteiger partial charge is 0.162 e. The number of benzene rings is 1. The third-order valence-corrected chi connectivity index (χ3v) is 4.44. The van der Waals surface area contributed by atoms with Crippen LogP contribution in [-0.2, 0) is 0 Å². The molecule has 1 aliphatic heterocycles. The van der Waals surface area contributed by atoms with Gasteiger partial charge in [0.05, 0.1) is 0 Å². The first-order valence-corrected chi connectivity index (χ1v) is 8.21. The summed E-state index contributed by atoms with van der Waals surface area (Å²) in [4.78, 5) is 17.1. The molecule has 0 aromatic heterocycles. The van der Waals surface area contributed by atoms with Crippen molar-refractivity contribution in [1.29, 1.82) is 0 Å². The maximum Gasteiger partial charge on any atom is 0.162 e. The van der Waals surface area contributed by atoms with E-state index in [-0.39, 0.29) is 5.78 Å². The summed E-state index contributed by atoms with van der Waals surface area (Å²) in [6.45, 7) is 6.83. The minimum Gasteiger partial charge on any atom is -0.305 e. The van der Waals surface area contributed by atoms with Gasteiger partial charge in [0.15, 0.2) is 5.78 Å². The van der Waals surface area contributed by atoms with E-state index in [1.165, 1.54) is 25.9 Å². The van der Waals surface area contributed by atoms with Crippen molar-refractivity contribution >= 4 is 5.78 Å². The zero-order chi connectivity index (χ0) is 15.1. The Balaban J connectivity index is 1.80. The number of rotatable bonds is 6. The van der Waals surface area contributed by atoms with Gasteiger partial charge in [0.25, 0.3) is 0 Å². The minimum absolute atomic E-state index is 0.274. The van der Waals surface area contributed by atoms with Gasteiger partial charge < -0.3 is 4.90 Å². The van der Waals surface area contributed by atoms with Crippen molar-refractivity contribution in [3.05, 3.63) is 35.9 Å². The van der Waals surface area contributed by atoms with Crippen molar-refractivity contribution in [3.8, 4) is 0 Å². The van der Waals surface area contributed by atoms with Crippen LogP contribution in [0, 0.1) is 0 Å². The van der Waals surface area contributed by atoms with E-state index in [0.29, 0.717) is 12.5 Å². The van der Waals surface area contributed by atoms with E-state index in [1.807, 2.05) is 30.3 Å². The first-order chi connectivity index (χ1) is 10.2. The highest BCUT2D eigenvalue weighted by Gasteiger charge is 2.21. The molecule has 3 nitrogen and oxygen atoms in total. The Morgan fingerprint density at radius 3 is 2.71 bits per heavy atom. The lowest BCUT2D eigenvalue weighted by atomic mass is 10.1. The van der Waals surface area contributed by atoms with E-state index >= 15 is 0 Å². The van der Waals surface area contributed by atoms with Crippen LogP contribution in [0.1, 0.15) is 43.0 Å². The fourth-order valence-electron chi connectivity index (χ4n) is 3.19. The largest absolute Gasteiger partial charge is 0.305 e. The monoisotopic (exact) mass is 288 g/mol. The van der Waals surface area contributed by atoms with E-state index in [4.69, 9.17) is 0 Å². The fourth-order valence-corrected chi connectivity index (χ4v) is 3.19. The van der Waals surface area contributed by atoms with Crippen LogP contribution in [-0.4, -0.2) is 54.9 Å². The summed E-state index contributed by atoms with van der Waals surface area (Å²) >= 11 is 0. The van der Waals surface area contributed by atoms with Gasteiger partial charge in [0, 0.05) is 24.6 Å². The topological polar surface area (TPSA) is 23.6 Å². The number of hydrogen-bond acceptors (Lipinski definition) is 3. The minimum atomic E-state index is 0.274. The van der Waals surface area contributed by atoms with Crippen LogP contribution in [0.2, 0.25) is 0 Å². The zero-order valence-electron chi connectivity index (χ0n) is 13.4. The first kappa shape index (κ1) is 16.2.